The molecular weight excluding hydrogens is 287 g/mol. The number of aliphatic hydroxyl groups excluding tert-OH is 1. The number of rotatable bonds is 5. The van der Waals surface area contributed by atoms with Crippen molar-refractivity contribution in [1.82, 2.24) is 20.6 Å². The Morgan fingerprint density at radius 3 is 2.82 bits per heavy atom. The van der Waals surface area contributed by atoms with Crippen molar-refractivity contribution in [2.45, 2.75) is 12.5 Å². The standard InChI is InChI=1S/C15H13FN4O2/c16-12-3-1-10(2-4-12)9-11-7-8-22-14(11)6-5-13(21)15-17-19-20-18-15/h1-8,13,21H,9H2,(H,17,18,19,20). The second-order valence-corrected chi connectivity index (χ2v) is 4.69. The lowest BCUT2D eigenvalue weighted by molar-refractivity contribution is 0.219. The molecule has 2 aromatic heterocycles. The van der Waals surface area contributed by atoms with Gasteiger partial charge in [0.25, 0.3) is 0 Å². The van der Waals surface area contributed by atoms with Crippen LogP contribution < -0.4 is 0 Å². The van der Waals surface area contributed by atoms with Crippen molar-refractivity contribution in [1.29, 1.82) is 0 Å². The third-order valence-electron chi connectivity index (χ3n) is 3.14. The lowest BCUT2D eigenvalue weighted by atomic mass is 10.1. The lowest BCUT2D eigenvalue weighted by Gasteiger charge is -2.01. The fourth-order valence-corrected chi connectivity index (χ4v) is 2.02. The van der Waals surface area contributed by atoms with E-state index in [1.807, 2.05) is 6.07 Å². The molecule has 6 nitrogen and oxygen atoms in total. The number of halogens is 1. The van der Waals surface area contributed by atoms with Gasteiger partial charge in [0.15, 0.2) is 0 Å². The highest BCUT2D eigenvalue weighted by molar-refractivity contribution is 5.49. The van der Waals surface area contributed by atoms with Crippen LogP contribution in [0.4, 0.5) is 4.39 Å². The number of aromatic nitrogens is 4. The quantitative estimate of drug-likeness (QED) is 0.754. The predicted molar refractivity (Wildman–Crippen MR) is 76.1 cm³/mol. The van der Waals surface area contributed by atoms with Crippen molar-refractivity contribution in [3.63, 3.8) is 0 Å². The van der Waals surface area contributed by atoms with Gasteiger partial charge < -0.3 is 9.52 Å². The molecule has 3 rings (SSSR count). The molecule has 1 aromatic carbocycles. The summed E-state index contributed by atoms with van der Waals surface area (Å²) in [6.45, 7) is 0. The summed E-state index contributed by atoms with van der Waals surface area (Å²) in [5.74, 6) is 0.536. The van der Waals surface area contributed by atoms with Crippen LogP contribution in [0.3, 0.4) is 0 Å². The van der Waals surface area contributed by atoms with Gasteiger partial charge in [-0.2, -0.15) is 5.21 Å². The fourth-order valence-electron chi connectivity index (χ4n) is 2.02. The van der Waals surface area contributed by atoms with Crippen molar-refractivity contribution in [2.75, 3.05) is 0 Å². The molecule has 22 heavy (non-hydrogen) atoms. The zero-order chi connectivity index (χ0) is 15.4. The summed E-state index contributed by atoms with van der Waals surface area (Å²) in [7, 11) is 0. The van der Waals surface area contributed by atoms with Crippen LogP contribution in [0.1, 0.15) is 28.8 Å². The molecule has 3 aromatic rings. The Hall–Kier alpha value is -2.80. The van der Waals surface area contributed by atoms with E-state index in [1.54, 1.807) is 24.5 Å². The first-order valence-electron chi connectivity index (χ1n) is 6.63. The van der Waals surface area contributed by atoms with Gasteiger partial charge in [0.1, 0.15) is 17.7 Å². The van der Waals surface area contributed by atoms with E-state index in [1.165, 1.54) is 18.2 Å². The average Bonchev–Trinajstić information content (AvgIpc) is 3.19. The van der Waals surface area contributed by atoms with E-state index in [-0.39, 0.29) is 11.6 Å². The van der Waals surface area contributed by atoms with E-state index in [0.29, 0.717) is 12.2 Å². The molecule has 0 saturated heterocycles. The van der Waals surface area contributed by atoms with E-state index in [0.717, 1.165) is 11.1 Å². The molecular formula is C15H13FN4O2. The lowest BCUT2D eigenvalue weighted by Crippen LogP contribution is -1.96. The molecule has 2 N–H and O–H groups in total. The number of aromatic amines is 1. The molecule has 1 unspecified atom stereocenters. The first kappa shape index (κ1) is 14.2. The first-order valence-corrected chi connectivity index (χ1v) is 6.63. The summed E-state index contributed by atoms with van der Waals surface area (Å²) >= 11 is 0. The minimum atomic E-state index is -0.970. The van der Waals surface area contributed by atoms with Gasteiger partial charge in [-0.05, 0) is 35.9 Å². The van der Waals surface area contributed by atoms with Gasteiger partial charge in [-0.3, -0.25) is 0 Å². The number of nitrogens with zero attached hydrogens (tertiary/aromatic N) is 3. The zero-order valence-electron chi connectivity index (χ0n) is 11.5. The van der Waals surface area contributed by atoms with Crippen LogP contribution >= 0.6 is 0 Å². The maximum absolute atomic E-state index is 12.9. The number of nitrogens with one attached hydrogen (secondary N) is 1. The minimum Gasteiger partial charge on any atom is -0.465 e. The number of aliphatic hydroxyl groups is 1. The summed E-state index contributed by atoms with van der Waals surface area (Å²) in [4.78, 5) is 0. The first-order chi connectivity index (χ1) is 10.7. The molecule has 0 saturated carbocycles. The Morgan fingerprint density at radius 1 is 1.27 bits per heavy atom. The molecule has 7 heteroatoms. The van der Waals surface area contributed by atoms with Gasteiger partial charge in [-0.1, -0.05) is 17.3 Å². The second kappa shape index (κ2) is 6.31. The van der Waals surface area contributed by atoms with Crippen LogP contribution in [0.25, 0.3) is 6.08 Å². The third-order valence-corrected chi connectivity index (χ3v) is 3.14. The molecule has 2 heterocycles. The number of hydrogen-bond acceptors (Lipinski definition) is 5. The van der Waals surface area contributed by atoms with E-state index < -0.39 is 6.10 Å². The molecule has 0 radical (unpaired) electrons. The summed E-state index contributed by atoms with van der Waals surface area (Å²) in [5, 5.41) is 22.9. The SMILES string of the molecule is OC(C=Cc1occc1Cc1ccc(F)cc1)c1nn[nH]n1. The average molecular weight is 300 g/mol. The number of tetrazole rings is 1. The largest absolute Gasteiger partial charge is 0.465 e. The molecule has 0 aliphatic rings. The zero-order valence-corrected chi connectivity index (χ0v) is 11.5. The highest BCUT2D eigenvalue weighted by atomic mass is 19.1. The van der Waals surface area contributed by atoms with E-state index in [4.69, 9.17) is 4.42 Å². The molecule has 0 fully saturated rings. The number of benzene rings is 1. The smallest absolute Gasteiger partial charge is 0.206 e. The van der Waals surface area contributed by atoms with Gasteiger partial charge in [-0.15, -0.1) is 10.2 Å². The Bertz CT molecular complexity index is 750. The summed E-state index contributed by atoms with van der Waals surface area (Å²) < 4.78 is 18.3. The maximum atomic E-state index is 12.9. The number of H-pyrrole nitrogens is 1. The second-order valence-electron chi connectivity index (χ2n) is 4.69. The molecule has 0 bridgehead atoms. The molecule has 0 aliphatic carbocycles. The molecule has 112 valence electrons. The molecule has 0 aliphatic heterocycles. The summed E-state index contributed by atoms with van der Waals surface area (Å²) in [6, 6.07) is 8.13. The van der Waals surface area contributed by atoms with Crippen LogP contribution in [-0.2, 0) is 6.42 Å². The Morgan fingerprint density at radius 2 is 2.09 bits per heavy atom. The van der Waals surface area contributed by atoms with E-state index in [9.17, 15) is 9.50 Å². The molecule has 0 spiro atoms. The van der Waals surface area contributed by atoms with E-state index in [2.05, 4.69) is 20.6 Å². The van der Waals surface area contributed by atoms with Crippen LogP contribution in [-0.4, -0.2) is 25.7 Å². The van der Waals surface area contributed by atoms with Crippen LogP contribution in [0.5, 0.6) is 0 Å². The van der Waals surface area contributed by atoms with Crippen molar-refractivity contribution < 1.29 is 13.9 Å². The highest BCUT2D eigenvalue weighted by Gasteiger charge is 2.10. The van der Waals surface area contributed by atoms with E-state index >= 15 is 0 Å². The van der Waals surface area contributed by atoms with Crippen molar-refractivity contribution in [3.05, 3.63) is 71.2 Å². The van der Waals surface area contributed by atoms with Crippen molar-refractivity contribution >= 4 is 6.08 Å². The Kier molecular flexibility index (Phi) is 4.06. The van der Waals surface area contributed by atoms with Crippen molar-refractivity contribution in [2.24, 2.45) is 0 Å². The Labute approximate surface area is 125 Å². The summed E-state index contributed by atoms with van der Waals surface area (Å²) in [5.41, 5.74) is 1.90. The monoisotopic (exact) mass is 300 g/mol. The van der Waals surface area contributed by atoms with Crippen LogP contribution in [0.2, 0.25) is 0 Å². The third kappa shape index (κ3) is 3.26. The minimum absolute atomic E-state index is 0.183. The summed E-state index contributed by atoms with van der Waals surface area (Å²) in [6.07, 6.45) is 4.37. The normalized spacial score (nSPS) is 12.8. The molecule has 1 atom stereocenters. The van der Waals surface area contributed by atoms with Crippen LogP contribution in [0.15, 0.2) is 47.1 Å². The maximum Gasteiger partial charge on any atom is 0.206 e. The number of furan rings is 1. The highest BCUT2D eigenvalue weighted by Crippen LogP contribution is 2.19. The topological polar surface area (TPSA) is 87.8 Å². The fraction of sp³-hybridized carbons (Fsp3) is 0.133. The number of hydrogen-bond donors (Lipinski definition) is 2. The van der Waals surface area contributed by atoms with Gasteiger partial charge in [0.05, 0.1) is 6.26 Å². The van der Waals surface area contributed by atoms with Gasteiger partial charge in [0.2, 0.25) is 5.82 Å². The Balaban J connectivity index is 1.73. The molecule has 0 amide bonds. The van der Waals surface area contributed by atoms with Crippen molar-refractivity contribution in [3.8, 4) is 0 Å². The van der Waals surface area contributed by atoms with Gasteiger partial charge >= 0.3 is 0 Å². The van der Waals surface area contributed by atoms with Gasteiger partial charge in [-0.25, -0.2) is 4.39 Å². The van der Waals surface area contributed by atoms with Crippen LogP contribution in [0, 0.1) is 5.82 Å². The predicted octanol–water partition coefficient (Wildman–Crippen LogP) is 2.27. The van der Waals surface area contributed by atoms with Gasteiger partial charge in [0, 0.05) is 12.0 Å².